The van der Waals surface area contributed by atoms with Gasteiger partial charge < -0.3 is 10.1 Å². The van der Waals surface area contributed by atoms with Crippen LogP contribution in [0.2, 0.25) is 0 Å². The van der Waals surface area contributed by atoms with Crippen LogP contribution in [-0.4, -0.2) is 40.1 Å². The first-order valence-corrected chi connectivity index (χ1v) is 7.94. The molecule has 0 amide bonds. The van der Waals surface area contributed by atoms with Gasteiger partial charge in [0.15, 0.2) is 0 Å². The van der Waals surface area contributed by atoms with Crippen molar-refractivity contribution in [2.24, 2.45) is 0 Å². The molecule has 2 unspecified atom stereocenters. The Balaban J connectivity index is 1.88. The lowest BCUT2D eigenvalue weighted by molar-refractivity contribution is 0.0995. The second-order valence-corrected chi connectivity index (χ2v) is 5.89. The fourth-order valence-corrected chi connectivity index (χ4v) is 2.90. The molecule has 0 aromatic carbocycles. The molecule has 1 saturated heterocycles. The third-order valence-electron chi connectivity index (χ3n) is 3.92. The predicted molar refractivity (Wildman–Crippen MR) is 79.8 cm³/mol. The van der Waals surface area contributed by atoms with Crippen molar-refractivity contribution in [3.63, 3.8) is 0 Å². The first-order valence-electron chi connectivity index (χ1n) is 7.94. The molecule has 0 saturated carbocycles. The lowest BCUT2D eigenvalue weighted by Gasteiger charge is -2.20. The van der Waals surface area contributed by atoms with E-state index in [4.69, 9.17) is 4.74 Å². The van der Waals surface area contributed by atoms with Crippen molar-refractivity contribution < 1.29 is 4.74 Å². The fraction of sp³-hybridized carbons (Fsp3) is 0.867. The van der Waals surface area contributed by atoms with Crippen LogP contribution < -0.4 is 5.32 Å². The molecule has 0 spiro atoms. The monoisotopic (exact) mass is 280 g/mol. The van der Waals surface area contributed by atoms with E-state index in [0.29, 0.717) is 18.2 Å². The Morgan fingerprint density at radius 2 is 2.35 bits per heavy atom. The van der Waals surface area contributed by atoms with Crippen molar-refractivity contribution >= 4 is 0 Å². The van der Waals surface area contributed by atoms with E-state index >= 15 is 0 Å². The minimum Gasteiger partial charge on any atom is -0.378 e. The van der Waals surface area contributed by atoms with E-state index in [1.165, 1.54) is 12.8 Å². The summed E-state index contributed by atoms with van der Waals surface area (Å²) in [4.78, 5) is 4.42. The summed E-state index contributed by atoms with van der Waals surface area (Å²) >= 11 is 0. The van der Waals surface area contributed by atoms with Gasteiger partial charge in [-0.25, -0.2) is 9.67 Å². The van der Waals surface area contributed by atoms with Gasteiger partial charge >= 0.3 is 0 Å². The zero-order valence-electron chi connectivity index (χ0n) is 13.0. The Bertz CT molecular complexity index is 385. The summed E-state index contributed by atoms with van der Waals surface area (Å²) in [5.41, 5.74) is 0. The van der Waals surface area contributed by atoms with E-state index in [9.17, 15) is 0 Å². The Hall–Kier alpha value is -0.940. The molecule has 0 bridgehead atoms. The first kappa shape index (κ1) is 15.4. The molecule has 1 N–H and O–H groups in total. The summed E-state index contributed by atoms with van der Waals surface area (Å²) in [5, 5.41) is 7.89. The van der Waals surface area contributed by atoms with E-state index in [1.807, 2.05) is 4.68 Å². The SMILES string of the molecule is CCNC(CCC1CCCO1)Cc1ncnn1C(C)C. The van der Waals surface area contributed by atoms with Crippen LogP contribution in [0.25, 0.3) is 0 Å². The van der Waals surface area contributed by atoms with Gasteiger partial charge in [-0.15, -0.1) is 0 Å². The number of aromatic nitrogens is 3. The minimum atomic E-state index is 0.368. The van der Waals surface area contributed by atoms with Gasteiger partial charge in [0.25, 0.3) is 0 Å². The highest BCUT2D eigenvalue weighted by Crippen LogP contribution is 2.19. The van der Waals surface area contributed by atoms with Crippen LogP contribution in [-0.2, 0) is 11.2 Å². The predicted octanol–water partition coefficient (Wildman–Crippen LogP) is 2.34. The van der Waals surface area contributed by atoms with Crippen LogP contribution in [0.5, 0.6) is 0 Å². The van der Waals surface area contributed by atoms with Crippen LogP contribution in [0.15, 0.2) is 6.33 Å². The third-order valence-corrected chi connectivity index (χ3v) is 3.92. The molecule has 0 aliphatic carbocycles. The van der Waals surface area contributed by atoms with Gasteiger partial charge in [-0.05, 0) is 46.1 Å². The average Bonchev–Trinajstić information content (AvgIpc) is 3.07. The molecule has 2 rings (SSSR count). The molecule has 20 heavy (non-hydrogen) atoms. The molecule has 1 aliphatic rings. The van der Waals surface area contributed by atoms with Crippen LogP contribution >= 0.6 is 0 Å². The summed E-state index contributed by atoms with van der Waals surface area (Å²) in [5.74, 6) is 1.08. The number of hydrogen-bond donors (Lipinski definition) is 1. The van der Waals surface area contributed by atoms with Gasteiger partial charge in [-0.1, -0.05) is 6.92 Å². The molecule has 2 heterocycles. The highest BCUT2D eigenvalue weighted by Gasteiger charge is 2.19. The van der Waals surface area contributed by atoms with Gasteiger partial charge in [-0.3, -0.25) is 0 Å². The molecule has 2 atom stereocenters. The van der Waals surface area contributed by atoms with Crippen molar-refractivity contribution in [2.75, 3.05) is 13.2 Å². The topological polar surface area (TPSA) is 52.0 Å². The number of hydrogen-bond acceptors (Lipinski definition) is 4. The number of nitrogens with one attached hydrogen (secondary N) is 1. The maximum Gasteiger partial charge on any atom is 0.138 e. The largest absolute Gasteiger partial charge is 0.378 e. The molecule has 0 radical (unpaired) electrons. The summed E-state index contributed by atoms with van der Waals surface area (Å²) in [6.45, 7) is 8.38. The highest BCUT2D eigenvalue weighted by molar-refractivity contribution is 4.91. The summed E-state index contributed by atoms with van der Waals surface area (Å²) in [6.07, 6.45) is 7.81. The van der Waals surface area contributed by atoms with E-state index in [2.05, 4.69) is 36.2 Å². The second kappa shape index (κ2) is 7.74. The third kappa shape index (κ3) is 4.28. The van der Waals surface area contributed by atoms with Crippen molar-refractivity contribution in [3.8, 4) is 0 Å². The summed E-state index contributed by atoms with van der Waals surface area (Å²) < 4.78 is 7.74. The number of likely N-dealkylation sites (N-methyl/N-ethyl adjacent to an activating group) is 1. The van der Waals surface area contributed by atoms with E-state index in [1.54, 1.807) is 6.33 Å². The second-order valence-electron chi connectivity index (χ2n) is 5.89. The molecule has 5 heteroatoms. The lowest BCUT2D eigenvalue weighted by atomic mass is 10.0. The normalized spacial score (nSPS) is 20.7. The molecule has 1 fully saturated rings. The van der Waals surface area contributed by atoms with Crippen LogP contribution in [0.4, 0.5) is 0 Å². The van der Waals surface area contributed by atoms with Gasteiger partial charge in [-0.2, -0.15) is 5.10 Å². The molecule has 1 aromatic rings. The first-order chi connectivity index (χ1) is 9.70. The molecule has 1 aliphatic heterocycles. The maximum atomic E-state index is 5.72. The van der Waals surface area contributed by atoms with Gasteiger partial charge in [0, 0.05) is 25.1 Å². The minimum absolute atomic E-state index is 0.368. The van der Waals surface area contributed by atoms with Crippen LogP contribution in [0, 0.1) is 0 Å². The summed E-state index contributed by atoms with van der Waals surface area (Å²) in [6, 6.07) is 0.832. The molecular formula is C15H28N4O. The molecular weight excluding hydrogens is 252 g/mol. The van der Waals surface area contributed by atoms with Crippen molar-refractivity contribution in [3.05, 3.63) is 12.2 Å². The van der Waals surface area contributed by atoms with E-state index in [-0.39, 0.29) is 0 Å². The smallest absolute Gasteiger partial charge is 0.138 e. The van der Waals surface area contributed by atoms with Crippen molar-refractivity contribution in [1.29, 1.82) is 0 Å². The number of rotatable bonds is 8. The highest BCUT2D eigenvalue weighted by atomic mass is 16.5. The Kier molecular flexibility index (Phi) is 5.98. The Labute approximate surface area is 122 Å². The standard InChI is InChI=1S/C15H28N4O/c1-4-16-13(7-8-14-6-5-9-20-14)10-15-17-11-18-19(15)12(2)3/h11-14,16H,4-10H2,1-3H3. The fourth-order valence-electron chi connectivity index (χ4n) is 2.90. The lowest BCUT2D eigenvalue weighted by Crippen LogP contribution is -2.33. The van der Waals surface area contributed by atoms with Crippen LogP contribution in [0.3, 0.4) is 0 Å². The Morgan fingerprint density at radius 1 is 1.50 bits per heavy atom. The van der Waals surface area contributed by atoms with Crippen LogP contribution in [0.1, 0.15) is 58.3 Å². The number of ether oxygens (including phenoxy) is 1. The zero-order valence-corrected chi connectivity index (χ0v) is 13.0. The van der Waals surface area contributed by atoms with E-state index < -0.39 is 0 Å². The molecule has 1 aromatic heterocycles. The van der Waals surface area contributed by atoms with Gasteiger partial charge in [0.05, 0.1) is 6.10 Å². The average molecular weight is 280 g/mol. The zero-order chi connectivity index (χ0) is 14.4. The van der Waals surface area contributed by atoms with Gasteiger partial charge in [0.2, 0.25) is 0 Å². The van der Waals surface area contributed by atoms with Gasteiger partial charge in [0.1, 0.15) is 12.2 Å². The molecule has 5 nitrogen and oxygen atoms in total. The van der Waals surface area contributed by atoms with Crippen molar-refractivity contribution in [2.45, 2.75) is 71.1 Å². The summed E-state index contributed by atoms with van der Waals surface area (Å²) in [7, 11) is 0. The molecule has 114 valence electrons. The van der Waals surface area contributed by atoms with E-state index in [0.717, 1.165) is 38.2 Å². The maximum absolute atomic E-state index is 5.72. The number of nitrogens with zero attached hydrogens (tertiary/aromatic N) is 3. The van der Waals surface area contributed by atoms with Crippen molar-refractivity contribution in [1.82, 2.24) is 20.1 Å². The quantitative estimate of drug-likeness (QED) is 0.794. The Morgan fingerprint density at radius 3 is 3.00 bits per heavy atom.